The Balaban J connectivity index is 1.62. The lowest BCUT2D eigenvalue weighted by Crippen LogP contribution is -2.35. The molecule has 8 heteroatoms. The van der Waals surface area contributed by atoms with Gasteiger partial charge in [-0.25, -0.2) is 4.68 Å². The normalized spacial score (nSPS) is 13.6. The first-order valence-corrected chi connectivity index (χ1v) is 9.86. The second-order valence-corrected chi connectivity index (χ2v) is 7.42. The molecular formula is C18H25N5O2S. The fourth-order valence-electron chi connectivity index (χ4n) is 2.73. The summed E-state index contributed by atoms with van der Waals surface area (Å²) in [6.07, 6.45) is 3.45. The van der Waals surface area contributed by atoms with E-state index in [9.17, 15) is 4.79 Å². The number of carbonyl (C=O) groups excluding carboxylic acids is 1. The Bertz CT molecular complexity index is 743. The Morgan fingerprint density at radius 1 is 1.35 bits per heavy atom. The maximum absolute atomic E-state index is 12.5. The zero-order valence-corrected chi connectivity index (χ0v) is 16.0. The van der Waals surface area contributed by atoms with Crippen molar-refractivity contribution < 1.29 is 9.53 Å². The summed E-state index contributed by atoms with van der Waals surface area (Å²) in [7, 11) is 1.62. The minimum atomic E-state index is 0.137. The maximum Gasteiger partial charge on any atom is 0.233 e. The van der Waals surface area contributed by atoms with E-state index in [1.807, 2.05) is 29.2 Å². The van der Waals surface area contributed by atoms with Crippen LogP contribution in [0.3, 0.4) is 0 Å². The van der Waals surface area contributed by atoms with E-state index in [1.54, 1.807) is 7.11 Å². The zero-order valence-electron chi connectivity index (χ0n) is 15.2. The SMILES string of the molecule is CCCN(CC1CC1)C(=O)CSc1nnc(-c2ccc(OC)cc2)n1N. The van der Waals surface area contributed by atoms with E-state index in [1.165, 1.54) is 29.3 Å². The van der Waals surface area contributed by atoms with Crippen LogP contribution in [-0.2, 0) is 4.79 Å². The molecule has 2 aromatic rings. The molecule has 0 unspecified atom stereocenters. The van der Waals surface area contributed by atoms with Crippen molar-refractivity contribution >= 4 is 17.7 Å². The molecule has 1 amide bonds. The van der Waals surface area contributed by atoms with Crippen molar-refractivity contribution in [3.63, 3.8) is 0 Å². The van der Waals surface area contributed by atoms with Gasteiger partial charge in [0, 0.05) is 18.7 Å². The summed E-state index contributed by atoms with van der Waals surface area (Å²) in [6.45, 7) is 3.78. The monoisotopic (exact) mass is 375 g/mol. The molecule has 1 aliphatic carbocycles. The van der Waals surface area contributed by atoms with Gasteiger partial charge in [0.1, 0.15) is 5.75 Å². The van der Waals surface area contributed by atoms with Gasteiger partial charge in [-0.05, 0) is 49.4 Å². The third-order valence-electron chi connectivity index (χ3n) is 4.36. The van der Waals surface area contributed by atoms with Gasteiger partial charge in [0.05, 0.1) is 12.9 Å². The topological polar surface area (TPSA) is 86.3 Å². The highest BCUT2D eigenvalue weighted by Gasteiger charge is 2.26. The summed E-state index contributed by atoms with van der Waals surface area (Å²) in [4.78, 5) is 14.5. The predicted molar refractivity (Wildman–Crippen MR) is 102 cm³/mol. The van der Waals surface area contributed by atoms with Crippen LogP contribution in [0.5, 0.6) is 5.75 Å². The number of ether oxygens (including phenoxy) is 1. The van der Waals surface area contributed by atoms with Gasteiger partial charge >= 0.3 is 0 Å². The summed E-state index contributed by atoms with van der Waals surface area (Å²) in [5.41, 5.74) is 0.848. The second-order valence-electron chi connectivity index (χ2n) is 6.48. The number of methoxy groups -OCH3 is 1. The van der Waals surface area contributed by atoms with E-state index in [0.29, 0.717) is 22.7 Å². The average molecular weight is 375 g/mol. The number of thioether (sulfide) groups is 1. The molecule has 26 heavy (non-hydrogen) atoms. The van der Waals surface area contributed by atoms with Crippen molar-refractivity contribution in [3.8, 4) is 17.1 Å². The number of nitrogen functional groups attached to an aromatic ring is 1. The molecule has 0 saturated heterocycles. The number of amides is 1. The number of hydrogen-bond donors (Lipinski definition) is 1. The molecule has 1 aliphatic rings. The van der Waals surface area contributed by atoms with Crippen LogP contribution in [0, 0.1) is 5.92 Å². The molecule has 2 N–H and O–H groups in total. The molecule has 1 aromatic carbocycles. The third kappa shape index (κ3) is 4.49. The number of rotatable bonds is 9. The molecule has 140 valence electrons. The van der Waals surface area contributed by atoms with E-state index in [0.717, 1.165) is 30.8 Å². The van der Waals surface area contributed by atoms with Gasteiger partial charge in [-0.3, -0.25) is 4.79 Å². The highest BCUT2D eigenvalue weighted by molar-refractivity contribution is 7.99. The van der Waals surface area contributed by atoms with Gasteiger partial charge in [-0.1, -0.05) is 18.7 Å². The van der Waals surface area contributed by atoms with Crippen molar-refractivity contribution in [3.05, 3.63) is 24.3 Å². The van der Waals surface area contributed by atoms with Crippen LogP contribution in [-0.4, -0.2) is 51.6 Å². The van der Waals surface area contributed by atoms with Crippen molar-refractivity contribution in [2.24, 2.45) is 5.92 Å². The summed E-state index contributed by atoms with van der Waals surface area (Å²) >= 11 is 1.33. The van der Waals surface area contributed by atoms with E-state index in [2.05, 4.69) is 17.1 Å². The fourth-order valence-corrected chi connectivity index (χ4v) is 3.49. The molecule has 0 atom stereocenters. The molecule has 1 saturated carbocycles. The highest BCUT2D eigenvalue weighted by Crippen LogP contribution is 2.30. The van der Waals surface area contributed by atoms with Gasteiger partial charge in [-0.15, -0.1) is 10.2 Å². The maximum atomic E-state index is 12.5. The molecule has 0 spiro atoms. The van der Waals surface area contributed by atoms with Gasteiger partial charge < -0.3 is 15.5 Å². The molecule has 0 radical (unpaired) electrons. The molecule has 1 heterocycles. The van der Waals surface area contributed by atoms with Crippen LogP contribution in [0.4, 0.5) is 0 Å². The average Bonchev–Trinajstić information content (AvgIpc) is 3.41. The minimum Gasteiger partial charge on any atom is -0.497 e. The number of nitrogens with zero attached hydrogens (tertiary/aromatic N) is 4. The van der Waals surface area contributed by atoms with Crippen molar-refractivity contribution in [1.82, 2.24) is 19.8 Å². The second kappa shape index (κ2) is 8.44. The number of benzene rings is 1. The zero-order chi connectivity index (χ0) is 18.5. The Morgan fingerprint density at radius 3 is 2.69 bits per heavy atom. The molecule has 0 bridgehead atoms. The summed E-state index contributed by atoms with van der Waals surface area (Å²) in [5, 5.41) is 8.83. The van der Waals surface area contributed by atoms with Gasteiger partial charge in [0.15, 0.2) is 5.82 Å². The Kier molecular flexibility index (Phi) is 6.03. The lowest BCUT2D eigenvalue weighted by Gasteiger charge is -2.21. The lowest BCUT2D eigenvalue weighted by atomic mass is 10.2. The van der Waals surface area contributed by atoms with Crippen LogP contribution < -0.4 is 10.6 Å². The molecular weight excluding hydrogens is 350 g/mol. The third-order valence-corrected chi connectivity index (χ3v) is 5.29. The van der Waals surface area contributed by atoms with Crippen LogP contribution in [0.2, 0.25) is 0 Å². The van der Waals surface area contributed by atoms with Crippen LogP contribution >= 0.6 is 11.8 Å². The molecule has 1 fully saturated rings. The van der Waals surface area contributed by atoms with Gasteiger partial charge in [-0.2, -0.15) is 0 Å². The highest BCUT2D eigenvalue weighted by atomic mass is 32.2. The Labute approximate surface area is 157 Å². The summed E-state index contributed by atoms with van der Waals surface area (Å²) in [6, 6.07) is 7.45. The van der Waals surface area contributed by atoms with Crippen LogP contribution in [0.25, 0.3) is 11.4 Å². The standard InChI is InChI=1S/C18H25N5O2S/c1-3-10-22(11-13-4-5-13)16(24)12-26-18-21-20-17(23(18)19)14-6-8-15(25-2)9-7-14/h6-9,13H,3-5,10-12,19H2,1-2H3. The smallest absolute Gasteiger partial charge is 0.233 e. The fraction of sp³-hybridized carbons (Fsp3) is 0.500. The molecule has 7 nitrogen and oxygen atoms in total. The number of carbonyl (C=O) groups is 1. The summed E-state index contributed by atoms with van der Waals surface area (Å²) < 4.78 is 6.59. The first kappa shape index (κ1) is 18.6. The number of nitrogens with two attached hydrogens (primary N) is 1. The van der Waals surface area contributed by atoms with Gasteiger partial charge in [0.2, 0.25) is 11.1 Å². The van der Waals surface area contributed by atoms with Crippen LogP contribution in [0.1, 0.15) is 26.2 Å². The van der Waals surface area contributed by atoms with E-state index in [4.69, 9.17) is 10.6 Å². The number of hydrogen-bond acceptors (Lipinski definition) is 6. The Hall–Kier alpha value is -2.22. The number of aromatic nitrogens is 3. The first-order chi connectivity index (χ1) is 12.6. The largest absolute Gasteiger partial charge is 0.497 e. The van der Waals surface area contributed by atoms with Crippen molar-refractivity contribution in [2.75, 3.05) is 31.8 Å². The lowest BCUT2D eigenvalue weighted by molar-refractivity contribution is -0.128. The molecule has 3 rings (SSSR count). The van der Waals surface area contributed by atoms with E-state index >= 15 is 0 Å². The first-order valence-electron chi connectivity index (χ1n) is 8.87. The summed E-state index contributed by atoms with van der Waals surface area (Å²) in [5.74, 6) is 8.61. The van der Waals surface area contributed by atoms with Crippen molar-refractivity contribution in [2.45, 2.75) is 31.3 Å². The predicted octanol–water partition coefficient (Wildman–Crippen LogP) is 2.41. The van der Waals surface area contributed by atoms with Crippen LogP contribution in [0.15, 0.2) is 29.4 Å². The Morgan fingerprint density at radius 2 is 2.08 bits per heavy atom. The van der Waals surface area contributed by atoms with E-state index < -0.39 is 0 Å². The van der Waals surface area contributed by atoms with Gasteiger partial charge in [0.25, 0.3) is 0 Å². The minimum absolute atomic E-state index is 0.137. The quantitative estimate of drug-likeness (QED) is 0.535. The van der Waals surface area contributed by atoms with E-state index in [-0.39, 0.29) is 5.91 Å². The molecule has 0 aliphatic heterocycles. The van der Waals surface area contributed by atoms with Crippen molar-refractivity contribution in [1.29, 1.82) is 0 Å². The molecule has 1 aromatic heterocycles.